The lowest BCUT2D eigenvalue weighted by molar-refractivity contribution is -0.0495. The Balaban J connectivity index is 2.21. The molecule has 1 unspecified atom stereocenters. The van der Waals surface area contributed by atoms with E-state index in [-0.39, 0.29) is 17.7 Å². The molecule has 0 saturated carbocycles. The number of nitrogens with zero attached hydrogens (tertiary/aromatic N) is 2. The maximum Gasteiger partial charge on any atom is 0.387 e. The molecular formula is C14H17F2N3O2. The summed E-state index contributed by atoms with van der Waals surface area (Å²) in [5.41, 5.74) is 0.347. The van der Waals surface area contributed by atoms with E-state index in [9.17, 15) is 8.78 Å². The van der Waals surface area contributed by atoms with Crippen LogP contribution in [0.5, 0.6) is 5.75 Å². The molecule has 5 nitrogen and oxygen atoms in total. The van der Waals surface area contributed by atoms with Gasteiger partial charge in [-0.15, -0.1) is 10.2 Å². The van der Waals surface area contributed by atoms with E-state index in [2.05, 4.69) is 27.2 Å². The second-order valence-corrected chi connectivity index (χ2v) is 4.50. The van der Waals surface area contributed by atoms with Crippen molar-refractivity contribution >= 4 is 0 Å². The van der Waals surface area contributed by atoms with E-state index < -0.39 is 6.61 Å². The van der Waals surface area contributed by atoms with E-state index in [4.69, 9.17) is 4.42 Å². The molecule has 1 atom stereocenters. The van der Waals surface area contributed by atoms with Gasteiger partial charge in [0.25, 0.3) is 5.89 Å². The molecule has 1 N–H and O–H groups in total. The number of aromatic nitrogens is 2. The van der Waals surface area contributed by atoms with Crippen LogP contribution in [0.4, 0.5) is 8.78 Å². The van der Waals surface area contributed by atoms with Crippen molar-refractivity contribution in [2.45, 2.75) is 32.9 Å². The Kier molecular flexibility index (Phi) is 5.21. The van der Waals surface area contributed by atoms with E-state index in [1.807, 2.05) is 6.92 Å². The molecule has 7 heteroatoms. The summed E-state index contributed by atoms with van der Waals surface area (Å²) in [6, 6.07) is 6.22. The van der Waals surface area contributed by atoms with E-state index in [1.54, 1.807) is 18.2 Å². The summed E-state index contributed by atoms with van der Waals surface area (Å²) < 4.78 is 34.8. The van der Waals surface area contributed by atoms with Crippen molar-refractivity contribution in [3.8, 4) is 17.2 Å². The monoisotopic (exact) mass is 297 g/mol. The molecule has 0 radical (unpaired) electrons. The number of hydrogen-bond acceptors (Lipinski definition) is 5. The molecule has 114 valence electrons. The summed E-state index contributed by atoms with van der Waals surface area (Å²) in [5, 5.41) is 11.1. The molecule has 1 heterocycles. The van der Waals surface area contributed by atoms with Gasteiger partial charge in [0, 0.05) is 0 Å². The van der Waals surface area contributed by atoms with E-state index in [0.717, 1.165) is 13.0 Å². The maximum atomic E-state index is 12.4. The quantitative estimate of drug-likeness (QED) is 0.848. The van der Waals surface area contributed by atoms with Crippen molar-refractivity contribution in [3.05, 3.63) is 30.2 Å². The van der Waals surface area contributed by atoms with Crippen molar-refractivity contribution in [1.82, 2.24) is 15.5 Å². The Morgan fingerprint density at radius 3 is 2.76 bits per heavy atom. The Labute approximate surface area is 121 Å². The fourth-order valence-electron chi connectivity index (χ4n) is 1.81. The van der Waals surface area contributed by atoms with Crippen molar-refractivity contribution in [2.75, 3.05) is 6.54 Å². The lowest BCUT2D eigenvalue weighted by atomic mass is 10.2. The van der Waals surface area contributed by atoms with Crippen molar-refractivity contribution in [3.63, 3.8) is 0 Å². The number of para-hydroxylation sites is 1. The predicted octanol–water partition coefficient (Wildman–Crippen LogP) is 3.40. The molecule has 0 bridgehead atoms. The number of ether oxygens (including phenoxy) is 1. The first kappa shape index (κ1) is 15.4. The third-order valence-corrected chi connectivity index (χ3v) is 2.85. The van der Waals surface area contributed by atoms with Crippen LogP contribution in [-0.4, -0.2) is 23.4 Å². The average Bonchev–Trinajstić information content (AvgIpc) is 2.94. The van der Waals surface area contributed by atoms with Gasteiger partial charge in [-0.25, -0.2) is 0 Å². The highest BCUT2D eigenvalue weighted by molar-refractivity contribution is 5.62. The van der Waals surface area contributed by atoms with Gasteiger partial charge in [-0.2, -0.15) is 8.78 Å². The number of rotatable bonds is 7. The van der Waals surface area contributed by atoms with Crippen molar-refractivity contribution in [1.29, 1.82) is 0 Å². The zero-order valence-electron chi connectivity index (χ0n) is 11.8. The first-order chi connectivity index (χ1) is 10.1. The molecule has 0 saturated heterocycles. The highest BCUT2D eigenvalue weighted by Gasteiger charge is 2.18. The summed E-state index contributed by atoms with van der Waals surface area (Å²) in [4.78, 5) is 0. The number of alkyl halides is 2. The van der Waals surface area contributed by atoms with Gasteiger partial charge in [0.05, 0.1) is 11.6 Å². The number of halogens is 2. The van der Waals surface area contributed by atoms with Crippen LogP contribution in [0.25, 0.3) is 11.5 Å². The van der Waals surface area contributed by atoms with E-state index in [1.165, 1.54) is 6.07 Å². The molecule has 0 aliphatic carbocycles. The molecule has 0 amide bonds. The van der Waals surface area contributed by atoms with Gasteiger partial charge in [-0.3, -0.25) is 0 Å². The lowest BCUT2D eigenvalue weighted by Crippen LogP contribution is -2.19. The summed E-state index contributed by atoms with van der Waals surface area (Å²) in [6.45, 7) is 1.87. The zero-order valence-corrected chi connectivity index (χ0v) is 11.8. The third-order valence-electron chi connectivity index (χ3n) is 2.85. The Morgan fingerprint density at radius 2 is 2.05 bits per heavy atom. The fourth-order valence-corrected chi connectivity index (χ4v) is 1.81. The average molecular weight is 297 g/mol. The Hall–Kier alpha value is -2.02. The van der Waals surface area contributed by atoms with Crippen LogP contribution in [0.2, 0.25) is 0 Å². The van der Waals surface area contributed by atoms with Crippen LogP contribution < -0.4 is 10.1 Å². The SMILES string of the molecule is CCCNC(C)c1nnc(-c2ccccc2OC(F)F)o1. The predicted molar refractivity (Wildman–Crippen MR) is 73.1 cm³/mol. The number of hydrogen-bond donors (Lipinski definition) is 1. The van der Waals surface area contributed by atoms with Crippen LogP contribution >= 0.6 is 0 Å². The Bertz CT molecular complexity index is 575. The number of nitrogens with one attached hydrogen (secondary N) is 1. The second kappa shape index (κ2) is 7.12. The summed E-state index contributed by atoms with van der Waals surface area (Å²) in [6.07, 6.45) is 0.983. The minimum atomic E-state index is -2.90. The van der Waals surface area contributed by atoms with E-state index in [0.29, 0.717) is 11.5 Å². The van der Waals surface area contributed by atoms with Gasteiger partial charge in [0.2, 0.25) is 5.89 Å². The third kappa shape index (κ3) is 3.98. The first-order valence-electron chi connectivity index (χ1n) is 6.72. The van der Waals surface area contributed by atoms with Crippen LogP contribution in [0.15, 0.2) is 28.7 Å². The molecule has 0 aliphatic heterocycles. The minimum Gasteiger partial charge on any atom is -0.434 e. The van der Waals surface area contributed by atoms with Crippen LogP contribution in [0.3, 0.4) is 0 Å². The van der Waals surface area contributed by atoms with Crippen LogP contribution in [-0.2, 0) is 0 Å². The van der Waals surface area contributed by atoms with E-state index >= 15 is 0 Å². The number of benzene rings is 1. The molecule has 2 rings (SSSR count). The van der Waals surface area contributed by atoms with Gasteiger partial charge in [-0.05, 0) is 32.0 Å². The normalized spacial score (nSPS) is 12.6. The highest BCUT2D eigenvalue weighted by atomic mass is 19.3. The van der Waals surface area contributed by atoms with Crippen molar-refractivity contribution in [2.24, 2.45) is 0 Å². The first-order valence-corrected chi connectivity index (χ1v) is 6.72. The fraction of sp³-hybridized carbons (Fsp3) is 0.429. The molecule has 0 fully saturated rings. The van der Waals surface area contributed by atoms with Gasteiger partial charge in [0.1, 0.15) is 5.75 Å². The Morgan fingerprint density at radius 1 is 1.29 bits per heavy atom. The van der Waals surface area contributed by atoms with Gasteiger partial charge in [-0.1, -0.05) is 19.1 Å². The second-order valence-electron chi connectivity index (χ2n) is 4.50. The minimum absolute atomic E-state index is 0.0110. The van der Waals surface area contributed by atoms with Crippen LogP contribution in [0.1, 0.15) is 32.2 Å². The molecule has 0 aliphatic rings. The largest absolute Gasteiger partial charge is 0.434 e. The molecular weight excluding hydrogens is 280 g/mol. The van der Waals surface area contributed by atoms with Gasteiger partial charge in [0.15, 0.2) is 0 Å². The molecule has 0 spiro atoms. The van der Waals surface area contributed by atoms with Gasteiger partial charge < -0.3 is 14.5 Å². The van der Waals surface area contributed by atoms with Crippen molar-refractivity contribution < 1.29 is 17.9 Å². The van der Waals surface area contributed by atoms with Crippen LogP contribution in [0, 0.1) is 0 Å². The summed E-state index contributed by atoms with van der Waals surface area (Å²) >= 11 is 0. The molecule has 2 aromatic rings. The highest BCUT2D eigenvalue weighted by Crippen LogP contribution is 2.30. The smallest absolute Gasteiger partial charge is 0.387 e. The standard InChI is InChI=1S/C14H17F2N3O2/c1-3-8-17-9(2)12-18-19-13(21-12)10-6-4-5-7-11(10)20-14(15)16/h4-7,9,14,17H,3,8H2,1-2H3. The summed E-state index contributed by atoms with van der Waals surface area (Å²) in [5.74, 6) is 0.577. The molecule has 1 aromatic carbocycles. The maximum absolute atomic E-state index is 12.4. The topological polar surface area (TPSA) is 60.2 Å². The lowest BCUT2D eigenvalue weighted by Gasteiger charge is -2.08. The molecule has 1 aromatic heterocycles. The zero-order chi connectivity index (χ0) is 15.2. The summed E-state index contributed by atoms with van der Waals surface area (Å²) in [7, 11) is 0. The molecule has 21 heavy (non-hydrogen) atoms. The van der Waals surface area contributed by atoms with Gasteiger partial charge >= 0.3 is 6.61 Å².